The molecule has 1 aromatic heterocycles. The Bertz CT molecular complexity index is 823. The standard InChI is InChI=1S/C19H18BrN3O/c1-2-13-3-7-15(8-4-13)18-17(12-22-23-18)19(24)21-11-14-5-9-16(20)10-6-14/h3-10,12H,2,11H2,1H3,(H,21,24)(H,22,23). The molecule has 0 aliphatic heterocycles. The lowest BCUT2D eigenvalue weighted by molar-refractivity contribution is 0.0951. The summed E-state index contributed by atoms with van der Waals surface area (Å²) in [5.74, 6) is -0.138. The van der Waals surface area contributed by atoms with Gasteiger partial charge in [-0.25, -0.2) is 0 Å². The number of carbonyl (C=O) groups is 1. The lowest BCUT2D eigenvalue weighted by Gasteiger charge is -2.07. The largest absolute Gasteiger partial charge is 0.348 e. The van der Waals surface area contributed by atoms with Crippen LogP contribution in [0.15, 0.2) is 59.2 Å². The summed E-state index contributed by atoms with van der Waals surface area (Å²) in [7, 11) is 0. The van der Waals surface area contributed by atoms with E-state index in [2.05, 4.69) is 50.5 Å². The topological polar surface area (TPSA) is 57.8 Å². The number of rotatable bonds is 5. The van der Waals surface area contributed by atoms with Gasteiger partial charge in [0.1, 0.15) is 0 Å². The van der Waals surface area contributed by atoms with Crippen LogP contribution in [0.2, 0.25) is 0 Å². The van der Waals surface area contributed by atoms with Gasteiger partial charge < -0.3 is 5.32 Å². The Labute approximate surface area is 149 Å². The van der Waals surface area contributed by atoms with Crippen LogP contribution in [-0.4, -0.2) is 16.1 Å². The molecule has 0 bridgehead atoms. The number of aryl methyl sites for hydroxylation is 1. The molecule has 4 nitrogen and oxygen atoms in total. The van der Waals surface area contributed by atoms with Crippen LogP contribution in [0.5, 0.6) is 0 Å². The van der Waals surface area contributed by atoms with Crippen LogP contribution in [0.3, 0.4) is 0 Å². The molecule has 0 fully saturated rings. The van der Waals surface area contributed by atoms with Crippen molar-refractivity contribution in [3.05, 3.63) is 75.9 Å². The van der Waals surface area contributed by atoms with E-state index in [1.807, 2.05) is 36.4 Å². The molecule has 24 heavy (non-hydrogen) atoms. The number of benzene rings is 2. The molecule has 2 aromatic carbocycles. The number of amides is 1. The molecule has 3 rings (SSSR count). The highest BCUT2D eigenvalue weighted by molar-refractivity contribution is 9.10. The normalized spacial score (nSPS) is 10.6. The average molecular weight is 384 g/mol. The second-order valence-corrected chi connectivity index (χ2v) is 6.43. The van der Waals surface area contributed by atoms with Crippen LogP contribution in [0.4, 0.5) is 0 Å². The van der Waals surface area contributed by atoms with Crippen LogP contribution in [0.25, 0.3) is 11.3 Å². The van der Waals surface area contributed by atoms with E-state index in [9.17, 15) is 4.79 Å². The van der Waals surface area contributed by atoms with E-state index in [0.717, 1.165) is 27.7 Å². The summed E-state index contributed by atoms with van der Waals surface area (Å²) in [6, 6.07) is 16.0. The molecule has 0 saturated carbocycles. The zero-order chi connectivity index (χ0) is 16.9. The second kappa shape index (κ2) is 7.45. The zero-order valence-electron chi connectivity index (χ0n) is 13.3. The Balaban J connectivity index is 1.73. The van der Waals surface area contributed by atoms with Crippen molar-refractivity contribution in [1.29, 1.82) is 0 Å². The first-order valence-electron chi connectivity index (χ1n) is 7.82. The fraction of sp³-hybridized carbons (Fsp3) is 0.158. The third-order valence-corrected chi connectivity index (χ3v) is 4.43. The number of hydrogen-bond donors (Lipinski definition) is 2. The maximum absolute atomic E-state index is 12.5. The minimum atomic E-state index is -0.138. The predicted octanol–water partition coefficient (Wildman–Crippen LogP) is 4.33. The Morgan fingerprint density at radius 1 is 1.08 bits per heavy atom. The van der Waals surface area contributed by atoms with Gasteiger partial charge >= 0.3 is 0 Å². The number of carbonyl (C=O) groups excluding carboxylic acids is 1. The van der Waals surface area contributed by atoms with Gasteiger partial charge in [-0.3, -0.25) is 9.89 Å². The van der Waals surface area contributed by atoms with E-state index in [1.54, 1.807) is 6.20 Å². The van der Waals surface area contributed by atoms with E-state index >= 15 is 0 Å². The minimum absolute atomic E-state index is 0.138. The lowest BCUT2D eigenvalue weighted by atomic mass is 10.0. The Morgan fingerprint density at radius 3 is 2.42 bits per heavy atom. The van der Waals surface area contributed by atoms with Crippen molar-refractivity contribution >= 4 is 21.8 Å². The van der Waals surface area contributed by atoms with Gasteiger partial charge in [0.05, 0.1) is 17.5 Å². The van der Waals surface area contributed by atoms with Gasteiger partial charge in [0.25, 0.3) is 5.91 Å². The van der Waals surface area contributed by atoms with E-state index in [0.29, 0.717) is 12.1 Å². The summed E-state index contributed by atoms with van der Waals surface area (Å²) in [4.78, 5) is 12.5. The number of hydrogen-bond acceptors (Lipinski definition) is 2. The highest BCUT2D eigenvalue weighted by Crippen LogP contribution is 2.22. The molecule has 0 saturated heterocycles. The average Bonchev–Trinajstić information content (AvgIpc) is 3.11. The fourth-order valence-electron chi connectivity index (χ4n) is 2.47. The minimum Gasteiger partial charge on any atom is -0.348 e. The van der Waals surface area contributed by atoms with Crippen molar-refractivity contribution in [1.82, 2.24) is 15.5 Å². The molecule has 0 spiro atoms. The van der Waals surface area contributed by atoms with Gasteiger partial charge in [-0.15, -0.1) is 0 Å². The molecule has 3 aromatic rings. The molecule has 2 N–H and O–H groups in total. The number of nitrogens with one attached hydrogen (secondary N) is 2. The zero-order valence-corrected chi connectivity index (χ0v) is 14.9. The van der Waals surface area contributed by atoms with Crippen molar-refractivity contribution in [3.63, 3.8) is 0 Å². The first-order valence-corrected chi connectivity index (χ1v) is 8.62. The SMILES string of the molecule is CCc1ccc(-c2[nH]ncc2C(=O)NCc2ccc(Br)cc2)cc1. The molecule has 0 aliphatic rings. The molecule has 0 atom stereocenters. The van der Waals surface area contributed by atoms with Crippen molar-refractivity contribution < 1.29 is 4.79 Å². The summed E-state index contributed by atoms with van der Waals surface area (Å²) in [6.07, 6.45) is 2.56. The Hall–Kier alpha value is -2.40. The first-order chi connectivity index (χ1) is 11.7. The van der Waals surface area contributed by atoms with Crippen molar-refractivity contribution in [2.45, 2.75) is 19.9 Å². The Kier molecular flexibility index (Phi) is 5.11. The van der Waals surface area contributed by atoms with Crippen LogP contribution < -0.4 is 5.32 Å². The van der Waals surface area contributed by atoms with Crippen LogP contribution in [-0.2, 0) is 13.0 Å². The van der Waals surface area contributed by atoms with Crippen LogP contribution in [0.1, 0.15) is 28.4 Å². The van der Waals surface area contributed by atoms with Gasteiger partial charge in [-0.05, 0) is 29.7 Å². The van der Waals surface area contributed by atoms with Crippen molar-refractivity contribution in [2.75, 3.05) is 0 Å². The molecule has 0 unspecified atom stereocenters. The number of H-pyrrole nitrogens is 1. The Morgan fingerprint density at radius 2 is 1.75 bits per heavy atom. The van der Waals surface area contributed by atoms with Gasteiger partial charge in [-0.2, -0.15) is 5.10 Å². The molecule has 1 heterocycles. The van der Waals surface area contributed by atoms with Gasteiger partial charge in [0.15, 0.2) is 0 Å². The first kappa shape index (κ1) is 16.5. The smallest absolute Gasteiger partial charge is 0.255 e. The van der Waals surface area contributed by atoms with Gasteiger partial charge in [0, 0.05) is 16.6 Å². The van der Waals surface area contributed by atoms with E-state index in [1.165, 1.54) is 5.56 Å². The number of halogens is 1. The van der Waals surface area contributed by atoms with E-state index in [4.69, 9.17) is 0 Å². The highest BCUT2D eigenvalue weighted by atomic mass is 79.9. The molecule has 5 heteroatoms. The summed E-state index contributed by atoms with van der Waals surface area (Å²) >= 11 is 3.40. The number of aromatic amines is 1. The number of aromatic nitrogens is 2. The summed E-state index contributed by atoms with van der Waals surface area (Å²) in [6.45, 7) is 2.59. The van der Waals surface area contributed by atoms with E-state index in [-0.39, 0.29) is 5.91 Å². The molecule has 122 valence electrons. The highest BCUT2D eigenvalue weighted by Gasteiger charge is 2.15. The van der Waals surface area contributed by atoms with Gasteiger partial charge in [-0.1, -0.05) is 59.3 Å². The van der Waals surface area contributed by atoms with Crippen molar-refractivity contribution in [3.8, 4) is 11.3 Å². The second-order valence-electron chi connectivity index (χ2n) is 5.52. The summed E-state index contributed by atoms with van der Waals surface area (Å²) in [5.41, 5.74) is 4.56. The van der Waals surface area contributed by atoms with Crippen molar-refractivity contribution in [2.24, 2.45) is 0 Å². The van der Waals surface area contributed by atoms with Crippen LogP contribution >= 0.6 is 15.9 Å². The molecular weight excluding hydrogens is 366 g/mol. The molecule has 0 radical (unpaired) electrons. The molecular formula is C19H18BrN3O. The third-order valence-electron chi connectivity index (χ3n) is 3.90. The van der Waals surface area contributed by atoms with Gasteiger partial charge in [0.2, 0.25) is 0 Å². The quantitative estimate of drug-likeness (QED) is 0.688. The predicted molar refractivity (Wildman–Crippen MR) is 98.7 cm³/mol. The van der Waals surface area contributed by atoms with Crippen LogP contribution in [0, 0.1) is 0 Å². The lowest BCUT2D eigenvalue weighted by Crippen LogP contribution is -2.22. The maximum Gasteiger partial charge on any atom is 0.255 e. The molecule has 1 amide bonds. The maximum atomic E-state index is 12.5. The molecule has 0 aliphatic carbocycles. The summed E-state index contributed by atoms with van der Waals surface area (Å²) < 4.78 is 1.02. The third kappa shape index (κ3) is 3.74. The number of nitrogens with zero attached hydrogens (tertiary/aromatic N) is 1. The summed E-state index contributed by atoms with van der Waals surface area (Å²) in [5, 5.41) is 9.91. The monoisotopic (exact) mass is 383 g/mol. The fourth-order valence-corrected chi connectivity index (χ4v) is 2.73. The van der Waals surface area contributed by atoms with E-state index < -0.39 is 0 Å².